The van der Waals surface area contributed by atoms with Crippen LogP contribution in [0, 0.1) is 17.1 Å². The predicted octanol–water partition coefficient (Wildman–Crippen LogP) is 3.25. The number of amides is 2. The van der Waals surface area contributed by atoms with E-state index >= 15 is 0 Å². The van der Waals surface area contributed by atoms with E-state index in [0.29, 0.717) is 44.0 Å². The predicted molar refractivity (Wildman–Crippen MR) is 134 cm³/mol. The van der Waals surface area contributed by atoms with Crippen LogP contribution < -0.4 is 5.32 Å². The van der Waals surface area contributed by atoms with Crippen molar-refractivity contribution in [2.24, 2.45) is 5.92 Å². The van der Waals surface area contributed by atoms with Gasteiger partial charge in [0.2, 0.25) is 5.91 Å². The number of hydrogen-bond acceptors (Lipinski definition) is 6. The van der Waals surface area contributed by atoms with Gasteiger partial charge < -0.3 is 19.9 Å². The third kappa shape index (κ3) is 7.43. The average molecular weight is 507 g/mol. The summed E-state index contributed by atoms with van der Waals surface area (Å²) in [4.78, 5) is 40.9. The molecular weight excluding hydrogens is 471 g/mol. The minimum Gasteiger partial charge on any atom is -0.466 e. The van der Waals surface area contributed by atoms with Gasteiger partial charge in [-0.3, -0.25) is 19.8 Å². The molecule has 10 heteroatoms. The Morgan fingerprint density at radius 1 is 1.20 bits per heavy atom. The van der Waals surface area contributed by atoms with Crippen molar-refractivity contribution < 1.29 is 23.5 Å². The fourth-order valence-corrected chi connectivity index (χ4v) is 5.32. The van der Waals surface area contributed by atoms with Crippen LogP contribution in [-0.2, 0) is 14.3 Å². The fraction of sp³-hybridized carbons (Fsp3) is 0.600. The van der Waals surface area contributed by atoms with Crippen LogP contribution in [0.1, 0.15) is 61.9 Å². The highest BCUT2D eigenvalue weighted by atomic mass is 32.2. The summed E-state index contributed by atoms with van der Waals surface area (Å²) in [6, 6.07) is 3.81. The minimum atomic E-state index is -0.679. The monoisotopic (exact) mass is 506 g/mol. The number of hydrogen-bond donors (Lipinski definition) is 2. The second-order valence-corrected chi connectivity index (χ2v) is 10.0. The molecule has 192 valence electrons. The Morgan fingerprint density at radius 2 is 1.94 bits per heavy atom. The number of carbonyl (C=O) groups is 3. The number of nitrogens with zero attached hydrogens (tertiary/aromatic N) is 2. The van der Waals surface area contributed by atoms with Crippen molar-refractivity contribution in [2.75, 3.05) is 37.9 Å². The Labute approximate surface area is 210 Å². The SMILES string of the molecule is CCOC(=O)CC1CCN(C(=O)CC(CC)NC(=O)c2ccc(C(=N)N3CCSC3)cc2F)CC1. The Morgan fingerprint density at radius 3 is 2.54 bits per heavy atom. The highest BCUT2D eigenvalue weighted by Gasteiger charge is 2.27. The average Bonchev–Trinajstić information content (AvgIpc) is 3.38. The van der Waals surface area contributed by atoms with E-state index in [1.165, 1.54) is 12.1 Å². The molecule has 2 aliphatic rings. The zero-order chi connectivity index (χ0) is 25.4. The molecule has 1 unspecified atom stereocenters. The zero-order valence-electron chi connectivity index (χ0n) is 20.5. The molecule has 2 fully saturated rings. The van der Waals surface area contributed by atoms with Gasteiger partial charge in [0.15, 0.2) is 0 Å². The zero-order valence-corrected chi connectivity index (χ0v) is 21.3. The van der Waals surface area contributed by atoms with Gasteiger partial charge >= 0.3 is 5.97 Å². The summed E-state index contributed by atoms with van der Waals surface area (Å²) >= 11 is 1.72. The van der Waals surface area contributed by atoms with Crippen LogP contribution in [0.5, 0.6) is 0 Å². The number of benzene rings is 1. The maximum atomic E-state index is 14.7. The van der Waals surface area contributed by atoms with Crippen molar-refractivity contribution in [3.63, 3.8) is 0 Å². The Balaban J connectivity index is 1.51. The van der Waals surface area contributed by atoms with Gasteiger partial charge in [-0.2, -0.15) is 0 Å². The van der Waals surface area contributed by atoms with E-state index in [1.54, 1.807) is 29.7 Å². The number of esters is 1. The van der Waals surface area contributed by atoms with Crippen LogP contribution in [0.25, 0.3) is 0 Å². The van der Waals surface area contributed by atoms with E-state index in [1.807, 2.05) is 11.8 Å². The van der Waals surface area contributed by atoms with Gasteiger partial charge in [-0.1, -0.05) is 13.0 Å². The van der Waals surface area contributed by atoms with Crippen molar-refractivity contribution in [1.29, 1.82) is 5.41 Å². The van der Waals surface area contributed by atoms with Crippen molar-refractivity contribution in [3.8, 4) is 0 Å². The van der Waals surface area contributed by atoms with Crippen LogP contribution >= 0.6 is 11.8 Å². The normalized spacial score (nSPS) is 17.2. The van der Waals surface area contributed by atoms with Crippen LogP contribution in [0.2, 0.25) is 0 Å². The van der Waals surface area contributed by atoms with Gasteiger partial charge in [0.1, 0.15) is 11.7 Å². The molecule has 2 aliphatic heterocycles. The molecule has 2 saturated heterocycles. The van der Waals surface area contributed by atoms with Crippen molar-refractivity contribution >= 4 is 35.4 Å². The molecule has 0 aromatic heterocycles. The Hall–Kier alpha value is -2.62. The van der Waals surface area contributed by atoms with Crippen LogP contribution in [-0.4, -0.2) is 77.3 Å². The standard InChI is InChI=1S/C25H35FN4O4S/c1-3-19(15-22(31)29-9-7-17(8-10-29)13-23(32)34-4-2)28-25(33)20-6-5-18(14-21(20)26)24(27)30-11-12-35-16-30/h5-6,14,17,19,27H,3-4,7-13,15-16H2,1-2H3,(H,28,33). The number of likely N-dealkylation sites (tertiary alicyclic amines) is 1. The lowest BCUT2D eigenvalue weighted by atomic mass is 9.93. The summed E-state index contributed by atoms with van der Waals surface area (Å²) in [7, 11) is 0. The number of amidine groups is 1. The van der Waals surface area contributed by atoms with Crippen molar-refractivity contribution in [1.82, 2.24) is 15.1 Å². The number of carbonyl (C=O) groups excluding carboxylic acids is 3. The lowest BCUT2D eigenvalue weighted by Crippen LogP contribution is -2.43. The van der Waals surface area contributed by atoms with Gasteiger partial charge in [-0.15, -0.1) is 11.8 Å². The molecule has 35 heavy (non-hydrogen) atoms. The van der Waals surface area contributed by atoms with Gasteiger partial charge in [0.25, 0.3) is 5.91 Å². The molecule has 3 rings (SSSR count). The molecular formula is C25H35FN4O4S. The minimum absolute atomic E-state index is 0.0560. The molecule has 0 spiro atoms. The number of halogens is 1. The summed E-state index contributed by atoms with van der Waals surface area (Å²) in [5, 5.41) is 11.1. The molecule has 1 atom stereocenters. The molecule has 1 aromatic rings. The maximum absolute atomic E-state index is 14.7. The first kappa shape index (κ1) is 27.0. The summed E-state index contributed by atoms with van der Waals surface area (Å²) in [6.07, 6.45) is 2.55. The first-order valence-corrected chi connectivity index (χ1v) is 13.4. The topological polar surface area (TPSA) is 103 Å². The first-order chi connectivity index (χ1) is 16.8. The molecule has 0 radical (unpaired) electrons. The number of rotatable bonds is 9. The molecule has 1 aromatic carbocycles. The van der Waals surface area contributed by atoms with Gasteiger partial charge in [-0.05, 0) is 44.2 Å². The molecule has 2 heterocycles. The van der Waals surface area contributed by atoms with E-state index in [-0.39, 0.29) is 35.6 Å². The lowest BCUT2D eigenvalue weighted by Gasteiger charge is -2.32. The molecule has 0 bridgehead atoms. The molecule has 8 nitrogen and oxygen atoms in total. The third-order valence-corrected chi connectivity index (χ3v) is 7.50. The van der Waals surface area contributed by atoms with E-state index in [9.17, 15) is 18.8 Å². The second-order valence-electron chi connectivity index (χ2n) is 8.96. The number of piperidine rings is 1. The van der Waals surface area contributed by atoms with Crippen LogP contribution in [0.3, 0.4) is 0 Å². The van der Waals surface area contributed by atoms with Crippen molar-refractivity contribution in [3.05, 3.63) is 35.1 Å². The third-order valence-electron chi connectivity index (χ3n) is 6.53. The second kappa shape index (κ2) is 12.9. The number of ether oxygens (including phenoxy) is 1. The molecule has 2 amide bonds. The van der Waals surface area contributed by atoms with Gasteiger partial charge in [-0.25, -0.2) is 4.39 Å². The van der Waals surface area contributed by atoms with E-state index in [0.717, 1.165) is 25.1 Å². The molecule has 0 saturated carbocycles. The Kier molecular flexibility index (Phi) is 9.94. The molecule has 0 aliphatic carbocycles. The van der Waals surface area contributed by atoms with Crippen LogP contribution in [0.15, 0.2) is 18.2 Å². The molecule has 2 N–H and O–H groups in total. The highest BCUT2D eigenvalue weighted by molar-refractivity contribution is 7.99. The summed E-state index contributed by atoms with van der Waals surface area (Å²) < 4.78 is 19.8. The first-order valence-electron chi connectivity index (χ1n) is 12.3. The van der Waals surface area contributed by atoms with Crippen molar-refractivity contribution in [2.45, 2.75) is 52.0 Å². The number of thioether (sulfide) groups is 1. The van der Waals surface area contributed by atoms with Gasteiger partial charge in [0.05, 0.1) is 18.0 Å². The highest BCUT2D eigenvalue weighted by Crippen LogP contribution is 2.22. The van der Waals surface area contributed by atoms with E-state index < -0.39 is 17.8 Å². The summed E-state index contributed by atoms with van der Waals surface area (Å²) in [6.45, 7) is 5.93. The Bertz CT molecular complexity index is 930. The largest absolute Gasteiger partial charge is 0.466 e. The van der Waals surface area contributed by atoms with Gasteiger partial charge in [0, 0.05) is 49.8 Å². The van der Waals surface area contributed by atoms with E-state index in [2.05, 4.69) is 5.32 Å². The number of nitrogens with one attached hydrogen (secondary N) is 2. The smallest absolute Gasteiger partial charge is 0.306 e. The lowest BCUT2D eigenvalue weighted by molar-refractivity contribution is -0.144. The van der Waals surface area contributed by atoms with E-state index in [4.69, 9.17) is 10.1 Å². The van der Waals surface area contributed by atoms with Crippen LogP contribution in [0.4, 0.5) is 4.39 Å². The quantitative estimate of drug-likeness (QED) is 0.303. The summed E-state index contributed by atoms with van der Waals surface area (Å²) in [5.74, 6) is 0.621. The maximum Gasteiger partial charge on any atom is 0.306 e. The fourth-order valence-electron chi connectivity index (χ4n) is 4.36. The summed E-state index contributed by atoms with van der Waals surface area (Å²) in [5.41, 5.74) is 0.346.